The van der Waals surface area contributed by atoms with Gasteiger partial charge in [-0.2, -0.15) is 0 Å². The Morgan fingerprint density at radius 1 is 1.09 bits per heavy atom. The third-order valence-electron chi connectivity index (χ3n) is 6.44. The number of nitrogens with one attached hydrogen (secondary N) is 1. The number of amides is 3. The van der Waals surface area contributed by atoms with Crippen molar-refractivity contribution in [1.82, 2.24) is 4.90 Å². The molecule has 6 atom stereocenters. The number of nitrogens with zero attached hydrogens (tertiary/aromatic N) is 1. The van der Waals surface area contributed by atoms with Gasteiger partial charge < -0.3 is 14.8 Å². The van der Waals surface area contributed by atoms with Gasteiger partial charge in [0.25, 0.3) is 5.91 Å². The van der Waals surface area contributed by atoms with Crippen molar-refractivity contribution in [2.75, 3.05) is 25.1 Å². The Hall–Kier alpha value is -1.94. The molecule has 3 amide bonds. The highest BCUT2D eigenvalue weighted by atomic mass is 79.9. The number of benzene rings is 1. The maximum Gasteiger partial charge on any atom is 0.308 e. The number of ether oxygens (including phenoxy) is 2. The number of hydrogen-bond acceptors (Lipinski definition) is 6. The van der Waals surface area contributed by atoms with Gasteiger partial charge >= 0.3 is 5.97 Å². The van der Waals surface area contributed by atoms with Gasteiger partial charge in [0, 0.05) is 16.2 Å². The summed E-state index contributed by atoms with van der Waals surface area (Å²) in [5, 5.41) is 2.65. The molecule has 32 heavy (non-hydrogen) atoms. The van der Waals surface area contributed by atoms with Gasteiger partial charge in [-0.3, -0.25) is 24.1 Å². The second kappa shape index (κ2) is 9.51. The van der Waals surface area contributed by atoms with E-state index in [1.165, 1.54) is 4.90 Å². The van der Waals surface area contributed by atoms with Crippen molar-refractivity contribution in [2.45, 2.75) is 29.4 Å². The Kier molecular flexibility index (Phi) is 6.90. The van der Waals surface area contributed by atoms with Crippen molar-refractivity contribution >= 4 is 61.2 Å². The predicted octanol–water partition coefficient (Wildman–Crippen LogP) is 2.74. The average Bonchev–Trinajstić information content (AvgIpc) is 3.37. The lowest BCUT2D eigenvalue weighted by Crippen LogP contribution is -2.37. The van der Waals surface area contributed by atoms with E-state index in [4.69, 9.17) is 9.47 Å². The summed E-state index contributed by atoms with van der Waals surface area (Å²) >= 11 is 7.30. The number of carbonyl (C=O) groups excluding carboxylic acids is 4. The SMILES string of the molecule is CCOc1ccccc1NC(=O)COC(=O)CCN1C(=O)[C@@H]2[C@H]3C[C@@H]([C@H](Br)[C@@H]3Br)[C@@H]2C1=O. The Labute approximate surface area is 202 Å². The van der Waals surface area contributed by atoms with Crippen LogP contribution in [0.2, 0.25) is 0 Å². The summed E-state index contributed by atoms with van der Waals surface area (Å²) in [6, 6.07) is 6.96. The van der Waals surface area contributed by atoms with E-state index in [2.05, 4.69) is 37.2 Å². The lowest BCUT2D eigenvalue weighted by molar-refractivity contribution is -0.149. The molecule has 4 rings (SSSR count). The maximum atomic E-state index is 12.8. The number of imide groups is 1. The molecule has 1 N–H and O–H groups in total. The van der Waals surface area contributed by atoms with E-state index in [9.17, 15) is 19.2 Å². The van der Waals surface area contributed by atoms with Crippen LogP contribution in [0.4, 0.5) is 5.69 Å². The normalized spacial score (nSPS) is 30.4. The number of hydrogen-bond donors (Lipinski definition) is 1. The van der Waals surface area contributed by atoms with Gasteiger partial charge in [0.15, 0.2) is 6.61 Å². The topological polar surface area (TPSA) is 102 Å². The van der Waals surface area contributed by atoms with Crippen LogP contribution in [0.15, 0.2) is 24.3 Å². The molecule has 2 saturated carbocycles. The van der Waals surface area contributed by atoms with Gasteiger partial charge in [-0.05, 0) is 37.3 Å². The highest BCUT2D eigenvalue weighted by Crippen LogP contribution is 2.60. The first-order valence-corrected chi connectivity index (χ1v) is 12.5. The largest absolute Gasteiger partial charge is 0.492 e. The molecule has 8 nitrogen and oxygen atoms in total. The number of carbonyl (C=O) groups is 4. The summed E-state index contributed by atoms with van der Waals surface area (Å²) < 4.78 is 10.5. The quantitative estimate of drug-likeness (QED) is 0.292. The zero-order valence-corrected chi connectivity index (χ0v) is 20.6. The standard InChI is InChI=1S/C22H24Br2N2O6/c1-2-31-14-6-4-3-5-13(14)25-15(27)10-32-16(28)7-8-26-21(29)17-11-9-12(18(17)22(26)30)20(24)19(11)23/h3-6,11-12,17-20H,2,7-10H2,1H3,(H,25,27)/t11-,12-,17-,18+,19-,20+/m1/s1. The van der Waals surface area contributed by atoms with E-state index in [0.29, 0.717) is 18.0 Å². The smallest absolute Gasteiger partial charge is 0.308 e. The van der Waals surface area contributed by atoms with E-state index in [0.717, 1.165) is 6.42 Å². The maximum absolute atomic E-state index is 12.8. The number of likely N-dealkylation sites (tertiary alicyclic amines) is 1. The predicted molar refractivity (Wildman–Crippen MR) is 123 cm³/mol. The van der Waals surface area contributed by atoms with Gasteiger partial charge in [0.1, 0.15) is 5.75 Å². The van der Waals surface area contributed by atoms with Crippen molar-refractivity contribution in [2.24, 2.45) is 23.7 Å². The van der Waals surface area contributed by atoms with Crippen LogP contribution in [0, 0.1) is 23.7 Å². The monoisotopic (exact) mass is 570 g/mol. The molecule has 172 valence electrons. The molecular formula is C22H24Br2N2O6. The summed E-state index contributed by atoms with van der Waals surface area (Å²) in [5.41, 5.74) is 0.486. The van der Waals surface area contributed by atoms with Crippen LogP contribution in [0.5, 0.6) is 5.75 Å². The number of rotatable bonds is 8. The number of para-hydroxylation sites is 2. The van der Waals surface area contributed by atoms with Crippen molar-refractivity contribution in [3.05, 3.63) is 24.3 Å². The Balaban J connectivity index is 1.26. The third-order valence-corrected chi connectivity index (χ3v) is 9.65. The molecule has 1 saturated heterocycles. The molecule has 0 aromatic heterocycles. The molecule has 0 radical (unpaired) electrons. The average molecular weight is 572 g/mol. The van der Waals surface area contributed by atoms with Gasteiger partial charge in [-0.1, -0.05) is 44.0 Å². The molecule has 3 fully saturated rings. The molecule has 3 aliphatic rings. The molecule has 0 spiro atoms. The second-order valence-electron chi connectivity index (χ2n) is 8.22. The molecule has 1 aromatic carbocycles. The van der Waals surface area contributed by atoms with Crippen molar-refractivity contribution < 1.29 is 28.7 Å². The first-order chi connectivity index (χ1) is 15.3. The van der Waals surface area contributed by atoms with Crippen LogP contribution >= 0.6 is 31.9 Å². The molecule has 2 bridgehead atoms. The van der Waals surface area contributed by atoms with Gasteiger partial charge in [-0.25, -0.2) is 0 Å². The van der Waals surface area contributed by atoms with Crippen molar-refractivity contribution in [1.29, 1.82) is 0 Å². The molecular weight excluding hydrogens is 548 g/mol. The van der Waals surface area contributed by atoms with E-state index in [-0.39, 0.29) is 58.1 Å². The molecule has 1 heterocycles. The Bertz CT molecular complexity index is 909. The highest BCUT2D eigenvalue weighted by Gasteiger charge is 2.66. The summed E-state index contributed by atoms with van der Waals surface area (Å²) in [4.78, 5) is 51.5. The number of fused-ring (bicyclic) bond motifs is 5. The second-order valence-corrected chi connectivity index (χ2v) is 10.3. The fourth-order valence-corrected chi connectivity index (χ4v) is 6.96. The molecule has 10 heteroatoms. The minimum atomic E-state index is -0.643. The molecule has 1 aromatic rings. The van der Waals surface area contributed by atoms with Gasteiger partial charge in [-0.15, -0.1) is 0 Å². The van der Waals surface area contributed by atoms with Crippen LogP contribution in [-0.4, -0.2) is 58.0 Å². The van der Waals surface area contributed by atoms with Crippen molar-refractivity contribution in [3.8, 4) is 5.75 Å². The van der Waals surface area contributed by atoms with E-state index >= 15 is 0 Å². The minimum Gasteiger partial charge on any atom is -0.492 e. The number of alkyl halides is 2. The van der Waals surface area contributed by atoms with Crippen LogP contribution in [0.3, 0.4) is 0 Å². The zero-order valence-electron chi connectivity index (χ0n) is 17.5. The summed E-state index contributed by atoms with van der Waals surface area (Å²) in [5.74, 6) is -1.37. The zero-order chi connectivity index (χ0) is 23.0. The Morgan fingerprint density at radius 2 is 1.72 bits per heavy atom. The summed E-state index contributed by atoms with van der Waals surface area (Å²) in [6.45, 7) is 1.79. The highest BCUT2D eigenvalue weighted by molar-refractivity contribution is 9.12. The fourth-order valence-electron chi connectivity index (χ4n) is 5.09. The van der Waals surface area contributed by atoms with Crippen molar-refractivity contribution in [3.63, 3.8) is 0 Å². The first-order valence-electron chi connectivity index (χ1n) is 10.6. The number of anilines is 1. The van der Waals surface area contributed by atoms with Gasteiger partial charge in [0.05, 0.1) is 30.6 Å². The van der Waals surface area contributed by atoms with E-state index in [1.54, 1.807) is 24.3 Å². The first kappa shape index (κ1) is 23.2. The van der Waals surface area contributed by atoms with Crippen LogP contribution in [0.25, 0.3) is 0 Å². The number of halogens is 2. The van der Waals surface area contributed by atoms with E-state index in [1.807, 2.05) is 6.92 Å². The molecule has 0 unspecified atom stereocenters. The lowest BCUT2D eigenvalue weighted by atomic mass is 9.81. The van der Waals surface area contributed by atoms with Crippen LogP contribution in [0.1, 0.15) is 19.8 Å². The number of esters is 1. The van der Waals surface area contributed by atoms with Gasteiger partial charge in [0.2, 0.25) is 11.8 Å². The Morgan fingerprint density at radius 3 is 2.34 bits per heavy atom. The van der Waals surface area contributed by atoms with E-state index < -0.39 is 18.5 Å². The summed E-state index contributed by atoms with van der Waals surface area (Å²) in [6.07, 6.45) is 0.709. The minimum absolute atomic E-state index is 0.0301. The van der Waals surface area contributed by atoms with Crippen LogP contribution in [-0.2, 0) is 23.9 Å². The molecule has 2 aliphatic carbocycles. The fraction of sp³-hybridized carbons (Fsp3) is 0.545. The lowest BCUT2D eigenvalue weighted by Gasteiger charge is -2.28. The van der Waals surface area contributed by atoms with Crippen LogP contribution < -0.4 is 10.1 Å². The molecule has 1 aliphatic heterocycles. The summed E-state index contributed by atoms with van der Waals surface area (Å²) in [7, 11) is 0. The third kappa shape index (κ3) is 4.19.